The Bertz CT molecular complexity index is 1470. The van der Waals surface area contributed by atoms with Crippen molar-refractivity contribution in [2.75, 3.05) is 23.9 Å². The Hall–Kier alpha value is -3.57. The minimum Gasteiger partial charge on any atom is -0.355 e. The van der Waals surface area contributed by atoms with E-state index in [9.17, 15) is 31.2 Å². The van der Waals surface area contributed by atoms with Gasteiger partial charge in [-0.25, -0.2) is 8.42 Å². The minimum atomic E-state index is -4.87. The molecule has 0 aliphatic carbocycles. The lowest BCUT2D eigenvalue weighted by Crippen LogP contribution is -2.52. The highest BCUT2D eigenvalue weighted by Crippen LogP contribution is 2.38. The van der Waals surface area contributed by atoms with Crippen molar-refractivity contribution < 1.29 is 31.2 Å². The first-order valence-electron chi connectivity index (χ1n) is 12.8. The van der Waals surface area contributed by atoms with Gasteiger partial charge in [-0.15, -0.1) is 0 Å². The molecule has 2 amide bonds. The van der Waals surface area contributed by atoms with Crippen LogP contribution in [0.1, 0.15) is 30.5 Å². The number of benzene rings is 3. The van der Waals surface area contributed by atoms with Gasteiger partial charge in [0.15, 0.2) is 0 Å². The molecule has 3 aromatic carbocycles. The summed E-state index contributed by atoms with van der Waals surface area (Å²) >= 11 is 5.79. The molecule has 0 saturated heterocycles. The molecule has 0 spiro atoms. The molecule has 0 saturated carbocycles. The van der Waals surface area contributed by atoms with E-state index in [4.69, 9.17) is 11.6 Å². The summed E-state index contributed by atoms with van der Waals surface area (Å²) < 4.78 is 69.3. The van der Waals surface area contributed by atoms with Crippen LogP contribution in [0.2, 0.25) is 5.02 Å². The summed E-state index contributed by atoms with van der Waals surface area (Å²) in [6.45, 7) is 4.50. The van der Waals surface area contributed by atoms with Gasteiger partial charge in [-0.3, -0.25) is 13.9 Å². The largest absolute Gasteiger partial charge is 0.417 e. The van der Waals surface area contributed by atoms with Crippen molar-refractivity contribution in [2.45, 2.75) is 44.3 Å². The second kappa shape index (κ2) is 13.4. The Labute approximate surface area is 243 Å². The normalized spacial score (nSPS) is 12.5. The highest BCUT2D eigenvalue weighted by Gasteiger charge is 2.36. The zero-order chi connectivity index (χ0) is 30.4. The van der Waals surface area contributed by atoms with Crippen LogP contribution in [0.15, 0.2) is 77.7 Å². The van der Waals surface area contributed by atoms with Crippen LogP contribution in [0.3, 0.4) is 0 Å². The van der Waals surface area contributed by atoms with Gasteiger partial charge in [-0.1, -0.05) is 59.6 Å². The van der Waals surface area contributed by atoms with Gasteiger partial charge in [0.1, 0.15) is 12.6 Å². The first kappa shape index (κ1) is 32.0. The summed E-state index contributed by atoms with van der Waals surface area (Å²) in [5, 5.41) is 2.04. The Morgan fingerprint density at radius 2 is 1.63 bits per heavy atom. The second-order valence-corrected chi connectivity index (χ2v) is 11.6. The monoisotopic (exact) mass is 609 g/mol. The molecular formula is C29H31ClF3N3O4S. The molecule has 1 atom stereocenters. The lowest BCUT2D eigenvalue weighted by molar-refractivity contribution is -0.138. The summed E-state index contributed by atoms with van der Waals surface area (Å²) in [5.41, 5.74) is -0.000465. The number of carbonyl (C=O) groups excluding carboxylic acids is 2. The van der Waals surface area contributed by atoms with E-state index < -0.39 is 56.9 Å². The van der Waals surface area contributed by atoms with Crippen LogP contribution in [0.5, 0.6) is 0 Å². The Morgan fingerprint density at radius 3 is 2.22 bits per heavy atom. The van der Waals surface area contributed by atoms with Gasteiger partial charge in [0, 0.05) is 13.1 Å². The molecule has 0 radical (unpaired) electrons. The van der Waals surface area contributed by atoms with Gasteiger partial charge < -0.3 is 10.2 Å². The van der Waals surface area contributed by atoms with Crippen molar-refractivity contribution in [3.8, 4) is 0 Å². The third-order valence-electron chi connectivity index (χ3n) is 6.43. The number of nitrogens with zero attached hydrogens (tertiary/aromatic N) is 2. The number of amides is 2. The Kier molecular flexibility index (Phi) is 10.4. The predicted octanol–water partition coefficient (Wildman–Crippen LogP) is 5.46. The van der Waals surface area contributed by atoms with E-state index in [1.54, 1.807) is 26.0 Å². The lowest BCUT2D eigenvalue weighted by atomic mass is 10.1. The van der Waals surface area contributed by atoms with E-state index >= 15 is 0 Å². The number of halogens is 4. The first-order chi connectivity index (χ1) is 19.3. The van der Waals surface area contributed by atoms with Crippen molar-refractivity contribution in [1.82, 2.24) is 10.2 Å². The molecule has 41 heavy (non-hydrogen) atoms. The number of sulfonamides is 1. The van der Waals surface area contributed by atoms with Gasteiger partial charge in [0.05, 0.1) is 21.2 Å². The van der Waals surface area contributed by atoms with Crippen molar-refractivity contribution in [2.24, 2.45) is 0 Å². The third kappa shape index (κ3) is 8.01. The number of carbonyl (C=O) groups is 2. The van der Waals surface area contributed by atoms with E-state index in [-0.39, 0.29) is 11.4 Å². The number of nitrogens with one attached hydrogen (secondary N) is 1. The lowest BCUT2D eigenvalue weighted by Gasteiger charge is -2.32. The molecule has 7 nitrogen and oxygen atoms in total. The summed E-state index contributed by atoms with van der Waals surface area (Å²) in [6.07, 6.45) is -4.51. The van der Waals surface area contributed by atoms with Crippen LogP contribution in [0.4, 0.5) is 18.9 Å². The quantitative estimate of drug-likeness (QED) is 0.313. The minimum absolute atomic E-state index is 0.0635. The summed E-state index contributed by atoms with van der Waals surface area (Å²) in [4.78, 5) is 27.5. The maximum absolute atomic E-state index is 13.8. The van der Waals surface area contributed by atoms with Gasteiger partial charge in [0.25, 0.3) is 10.0 Å². The van der Waals surface area contributed by atoms with Gasteiger partial charge in [-0.05, 0) is 63.1 Å². The number of hydrogen-bond donors (Lipinski definition) is 1. The van der Waals surface area contributed by atoms with Crippen LogP contribution in [0.25, 0.3) is 0 Å². The van der Waals surface area contributed by atoms with Crippen LogP contribution in [0, 0.1) is 6.92 Å². The highest BCUT2D eigenvalue weighted by atomic mass is 35.5. The number of alkyl halides is 3. The molecule has 0 fully saturated rings. The maximum Gasteiger partial charge on any atom is 0.417 e. The van der Waals surface area contributed by atoms with E-state index in [0.717, 1.165) is 23.3 Å². The molecule has 0 aromatic heterocycles. The summed E-state index contributed by atoms with van der Waals surface area (Å²) in [5.74, 6) is -1.22. The smallest absolute Gasteiger partial charge is 0.355 e. The molecule has 1 N–H and O–H groups in total. The molecular weight excluding hydrogens is 579 g/mol. The van der Waals surface area contributed by atoms with Crippen molar-refractivity contribution in [3.63, 3.8) is 0 Å². The molecule has 0 bridgehead atoms. The number of rotatable bonds is 11. The standard InChI is InChI=1S/C29H31ClF3N3O4S/c1-4-34-28(38)21(3)35(17-16-22-8-6-5-7-9-22)27(37)19-36(41(39,40)24-13-10-20(2)11-14-24)23-12-15-26(30)25(18-23)29(31,32)33/h5-15,18,21H,4,16-17,19H2,1-3H3,(H,34,38)/t21-/m0/s1. The molecule has 0 unspecified atom stereocenters. The van der Waals surface area contributed by atoms with Gasteiger partial charge in [0.2, 0.25) is 11.8 Å². The zero-order valence-corrected chi connectivity index (χ0v) is 24.4. The second-order valence-electron chi connectivity index (χ2n) is 9.38. The molecule has 3 aromatic rings. The van der Waals surface area contributed by atoms with E-state index in [0.29, 0.717) is 23.3 Å². The number of anilines is 1. The third-order valence-corrected chi connectivity index (χ3v) is 8.55. The van der Waals surface area contributed by atoms with E-state index in [1.807, 2.05) is 30.3 Å². The van der Waals surface area contributed by atoms with E-state index in [1.165, 1.54) is 24.0 Å². The molecule has 3 rings (SSSR count). The Morgan fingerprint density at radius 1 is 1.00 bits per heavy atom. The van der Waals surface area contributed by atoms with Crippen molar-refractivity contribution in [3.05, 3.63) is 94.5 Å². The summed E-state index contributed by atoms with van der Waals surface area (Å²) in [6, 6.07) is 16.5. The zero-order valence-electron chi connectivity index (χ0n) is 22.8. The van der Waals surface area contributed by atoms with Crippen LogP contribution in [-0.2, 0) is 32.2 Å². The van der Waals surface area contributed by atoms with Crippen LogP contribution >= 0.6 is 11.6 Å². The first-order valence-corrected chi connectivity index (χ1v) is 14.6. The molecule has 12 heteroatoms. The highest BCUT2D eigenvalue weighted by molar-refractivity contribution is 7.92. The SMILES string of the molecule is CCNC(=O)[C@H](C)N(CCc1ccccc1)C(=O)CN(c1ccc(Cl)c(C(F)(F)F)c1)S(=O)(=O)c1ccc(C)cc1. The Balaban J connectivity index is 2.07. The fraction of sp³-hybridized carbons (Fsp3) is 0.310. The molecule has 0 aliphatic rings. The van der Waals surface area contributed by atoms with Crippen molar-refractivity contribution >= 4 is 39.1 Å². The number of likely N-dealkylation sites (N-methyl/N-ethyl adjacent to an activating group) is 1. The van der Waals surface area contributed by atoms with Gasteiger partial charge >= 0.3 is 6.18 Å². The fourth-order valence-corrected chi connectivity index (χ4v) is 5.77. The molecule has 0 heterocycles. The fourth-order valence-electron chi connectivity index (χ4n) is 4.14. The predicted molar refractivity (Wildman–Crippen MR) is 152 cm³/mol. The van der Waals surface area contributed by atoms with Crippen LogP contribution < -0.4 is 9.62 Å². The number of hydrogen-bond acceptors (Lipinski definition) is 4. The van der Waals surface area contributed by atoms with E-state index in [2.05, 4.69) is 5.32 Å². The maximum atomic E-state index is 13.8. The van der Waals surface area contributed by atoms with Crippen molar-refractivity contribution in [1.29, 1.82) is 0 Å². The van der Waals surface area contributed by atoms with Crippen LogP contribution in [-0.4, -0.2) is 50.8 Å². The summed E-state index contributed by atoms with van der Waals surface area (Å²) in [7, 11) is -4.52. The average Bonchev–Trinajstić information content (AvgIpc) is 2.92. The molecule has 220 valence electrons. The average molecular weight is 610 g/mol. The molecule has 0 aliphatic heterocycles. The number of aryl methyl sites for hydroxylation is 1. The van der Waals surface area contributed by atoms with Gasteiger partial charge in [-0.2, -0.15) is 13.2 Å². The topological polar surface area (TPSA) is 86.8 Å².